The first-order chi connectivity index (χ1) is 9.61. The summed E-state index contributed by atoms with van der Waals surface area (Å²) in [6, 6.07) is 7.65. The fraction of sp³-hybridized carbons (Fsp3) is 0.529. The number of aryl methyl sites for hydroxylation is 1. The molecule has 0 aliphatic heterocycles. The quantitative estimate of drug-likeness (QED) is 0.627. The van der Waals surface area contributed by atoms with Crippen molar-refractivity contribution in [3.8, 4) is 0 Å². The molecule has 0 amide bonds. The topological polar surface area (TPSA) is 43.4 Å². The number of ketones is 1. The van der Waals surface area contributed by atoms with Crippen LogP contribution in [0.2, 0.25) is 0 Å². The van der Waals surface area contributed by atoms with E-state index in [2.05, 4.69) is 0 Å². The first-order valence-electron chi connectivity index (χ1n) is 7.30. The van der Waals surface area contributed by atoms with Crippen molar-refractivity contribution in [2.24, 2.45) is 23.7 Å². The maximum Gasteiger partial charge on any atom is 0.309 e. The van der Waals surface area contributed by atoms with Crippen molar-refractivity contribution in [1.82, 2.24) is 0 Å². The van der Waals surface area contributed by atoms with E-state index < -0.39 is 0 Å². The molecule has 20 heavy (non-hydrogen) atoms. The van der Waals surface area contributed by atoms with Crippen LogP contribution in [0.15, 0.2) is 24.3 Å². The molecule has 2 saturated carbocycles. The summed E-state index contributed by atoms with van der Waals surface area (Å²) in [4.78, 5) is 24.8. The van der Waals surface area contributed by atoms with E-state index in [0.29, 0.717) is 11.8 Å². The third kappa shape index (κ3) is 2.05. The molecule has 3 rings (SSSR count). The van der Waals surface area contributed by atoms with Gasteiger partial charge in [0.25, 0.3) is 0 Å². The first-order valence-corrected chi connectivity index (χ1v) is 7.30. The second kappa shape index (κ2) is 5.04. The zero-order valence-corrected chi connectivity index (χ0v) is 12.0. The molecule has 0 radical (unpaired) electrons. The number of benzene rings is 1. The fourth-order valence-electron chi connectivity index (χ4n) is 4.05. The van der Waals surface area contributed by atoms with E-state index in [1.54, 1.807) is 0 Å². The van der Waals surface area contributed by atoms with Gasteiger partial charge in [-0.15, -0.1) is 0 Å². The molecular formula is C17H20O3. The van der Waals surface area contributed by atoms with Crippen LogP contribution in [0.1, 0.15) is 35.2 Å². The van der Waals surface area contributed by atoms with E-state index in [9.17, 15) is 9.59 Å². The predicted molar refractivity (Wildman–Crippen MR) is 75.3 cm³/mol. The molecular weight excluding hydrogens is 252 g/mol. The molecule has 2 aliphatic carbocycles. The summed E-state index contributed by atoms with van der Waals surface area (Å²) in [5.74, 6) is 0.205. The molecule has 106 valence electrons. The Labute approximate surface area is 119 Å². The minimum atomic E-state index is -0.229. The third-order valence-corrected chi connectivity index (χ3v) is 5.03. The number of ether oxygens (including phenoxy) is 1. The predicted octanol–water partition coefficient (Wildman–Crippen LogP) is 3.01. The molecule has 2 aliphatic rings. The standard InChI is InChI=1S/C17H20O3/c1-10-3-5-11(6-4-10)16(18)14-12-7-8-13(9-12)15(14)17(19)20-2/h3-6,12-15H,7-9H2,1-2H3/t12-,13+,14-,15-/m0/s1. The van der Waals surface area contributed by atoms with Crippen LogP contribution in [0.25, 0.3) is 0 Å². The van der Waals surface area contributed by atoms with Crippen LogP contribution >= 0.6 is 0 Å². The molecule has 2 bridgehead atoms. The summed E-state index contributed by atoms with van der Waals surface area (Å²) in [5, 5.41) is 0. The number of Topliss-reactive ketones (excluding diaryl/α,β-unsaturated/α-hetero) is 1. The van der Waals surface area contributed by atoms with Crippen molar-refractivity contribution >= 4 is 11.8 Å². The highest BCUT2D eigenvalue weighted by Crippen LogP contribution is 2.53. The molecule has 1 aromatic rings. The van der Waals surface area contributed by atoms with Gasteiger partial charge in [0.2, 0.25) is 0 Å². The van der Waals surface area contributed by atoms with E-state index in [1.165, 1.54) is 7.11 Å². The minimum Gasteiger partial charge on any atom is -0.469 e. The summed E-state index contributed by atoms with van der Waals surface area (Å²) >= 11 is 0. The van der Waals surface area contributed by atoms with E-state index in [4.69, 9.17) is 4.74 Å². The van der Waals surface area contributed by atoms with Crippen molar-refractivity contribution in [3.05, 3.63) is 35.4 Å². The van der Waals surface area contributed by atoms with Gasteiger partial charge < -0.3 is 4.74 Å². The first kappa shape index (κ1) is 13.3. The number of fused-ring (bicyclic) bond motifs is 2. The Balaban J connectivity index is 1.89. The van der Waals surface area contributed by atoms with Crippen molar-refractivity contribution < 1.29 is 14.3 Å². The van der Waals surface area contributed by atoms with Crippen LogP contribution in [0.5, 0.6) is 0 Å². The van der Waals surface area contributed by atoms with Crippen molar-refractivity contribution in [2.45, 2.75) is 26.2 Å². The van der Waals surface area contributed by atoms with Crippen molar-refractivity contribution in [1.29, 1.82) is 0 Å². The molecule has 1 aromatic carbocycles. The second-order valence-electron chi connectivity index (χ2n) is 6.14. The van der Waals surface area contributed by atoms with Crippen LogP contribution in [0.3, 0.4) is 0 Å². The van der Waals surface area contributed by atoms with Gasteiger partial charge in [0.05, 0.1) is 13.0 Å². The largest absolute Gasteiger partial charge is 0.469 e. The number of esters is 1. The number of hydrogen-bond acceptors (Lipinski definition) is 3. The SMILES string of the molecule is COC(=O)[C@H]1[C@@H]2CC[C@@H](C2)[C@@H]1C(=O)c1ccc(C)cc1. The van der Waals surface area contributed by atoms with Gasteiger partial charge in [-0.05, 0) is 38.0 Å². The van der Waals surface area contributed by atoms with Crippen LogP contribution < -0.4 is 0 Å². The zero-order valence-electron chi connectivity index (χ0n) is 12.0. The van der Waals surface area contributed by atoms with E-state index in [0.717, 1.165) is 30.4 Å². The Hall–Kier alpha value is -1.64. The van der Waals surface area contributed by atoms with Gasteiger partial charge in [-0.1, -0.05) is 29.8 Å². The maximum atomic E-state index is 12.8. The van der Waals surface area contributed by atoms with Crippen LogP contribution in [0.4, 0.5) is 0 Å². The van der Waals surface area contributed by atoms with E-state index >= 15 is 0 Å². The normalized spacial score (nSPS) is 31.3. The molecule has 0 spiro atoms. The number of rotatable bonds is 3. The number of hydrogen-bond donors (Lipinski definition) is 0. The smallest absolute Gasteiger partial charge is 0.309 e. The summed E-state index contributed by atoms with van der Waals surface area (Å²) < 4.78 is 4.93. The lowest BCUT2D eigenvalue weighted by Crippen LogP contribution is -2.35. The molecule has 3 nitrogen and oxygen atoms in total. The molecule has 0 unspecified atom stereocenters. The molecule has 3 heteroatoms. The molecule has 4 atom stereocenters. The molecule has 0 aromatic heterocycles. The van der Waals surface area contributed by atoms with Gasteiger partial charge in [-0.3, -0.25) is 9.59 Å². The lowest BCUT2D eigenvalue weighted by atomic mass is 9.75. The van der Waals surface area contributed by atoms with Crippen molar-refractivity contribution in [3.63, 3.8) is 0 Å². The summed E-state index contributed by atoms with van der Waals surface area (Å²) in [6.07, 6.45) is 3.13. The zero-order chi connectivity index (χ0) is 14.3. The van der Waals surface area contributed by atoms with Gasteiger partial charge in [-0.25, -0.2) is 0 Å². The number of methoxy groups -OCH3 is 1. The minimum absolute atomic E-state index is 0.118. The van der Waals surface area contributed by atoms with E-state index in [1.807, 2.05) is 31.2 Å². The number of carbonyl (C=O) groups is 2. The average molecular weight is 272 g/mol. The van der Waals surface area contributed by atoms with Crippen LogP contribution in [-0.2, 0) is 9.53 Å². The maximum absolute atomic E-state index is 12.8. The van der Waals surface area contributed by atoms with Crippen LogP contribution in [-0.4, -0.2) is 18.9 Å². The molecule has 0 saturated heterocycles. The Morgan fingerprint density at radius 2 is 1.65 bits per heavy atom. The summed E-state index contributed by atoms with van der Waals surface area (Å²) in [6.45, 7) is 2.00. The van der Waals surface area contributed by atoms with Gasteiger partial charge in [0.15, 0.2) is 5.78 Å². The molecule has 2 fully saturated rings. The van der Waals surface area contributed by atoms with Gasteiger partial charge in [-0.2, -0.15) is 0 Å². The Kier molecular flexibility index (Phi) is 3.36. The van der Waals surface area contributed by atoms with E-state index in [-0.39, 0.29) is 23.6 Å². The van der Waals surface area contributed by atoms with Gasteiger partial charge in [0, 0.05) is 11.5 Å². The number of carbonyl (C=O) groups excluding carboxylic acids is 2. The Morgan fingerprint density at radius 1 is 1.05 bits per heavy atom. The Morgan fingerprint density at radius 3 is 2.25 bits per heavy atom. The monoisotopic (exact) mass is 272 g/mol. The second-order valence-corrected chi connectivity index (χ2v) is 6.14. The summed E-state index contributed by atoms with van der Waals surface area (Å²) in [5.41, 5.74) is 1.86. The van der Waals surface area contributed by atoms with Crippen LogP contribution in [0, 0.1) is 30.6 Å². The molecule has 0 heterocycles. The highest BCUT2D eigenvalue weighted by molar-refractivity contribution is 6.00. The lowest BCUT2D eigenvalue weighted by molar-refractivity contribution is -0.148. The Bertz CT molecular complexity index is 532. The van der Waals surface area contributed by atoms with Gasteiger partial charge >= 0.3 is 5.97 Å². The lowest BCUT2D eigenvalue weighted by Gasteiger charge is -2.28. The fourth-order valence-corrected chi connectivity index (χ4v) is 4.05. The third-order valence-electron chi connectivity index (χ3n) is 5.03. The van der Waals surface area contributed by atoms with Crippen molar-refractivity contribution in [2.75, 3.05) is 7.11 Å². The highest BCUT2D eigenvalue weighted by Gasteiger charge is 2.54. The summed E-state index contributed by atoms with van der Waals surface area (Å²) in [7, 11) is 1.42. The van der Waals surface area contributed by atoms with Gasteiger partial charge in [0.1, 0.15) is 0 Å². The molecule has 0 N–H and O–H groups in total. The highest BCUT2D eigenvalue weighted by atomic mass is 16.5. The average Bonchev–Trinajstić information content (AvgIpc) is 3.07.